The van der Waals surface area contributed by atoms with Gasteiger partial charge in [0.15, 0.2) is 0 Å². The Hall–Kier alpha value is -1.34. The highest BCUT2D eigenvalue weighted by molar-refractivity contribution is 9.10. The molecule has 1 aromatic carbocycles. The fraction of sp³-hybridized carbons (Fsp3) is 0.429. The van der Waals surface area contributed by atoms with Gasteiger partial charge in [-0.3, -0.25) is 4.79 Å². The molecule has 1 aliphatic heterocycles. The largest absolute Gasteiger partial charge is 0.308 e. The molecule has 1 atom stereocenters. The van der Waals surface area contributed by atoms with E-state index in [0.717, 1.165) is 16.6 Å². The van der Waals surface area contributed by atoms with E-state index in [-0.39, 0.29) is 11.9 Å². The number of fused-ring (bicyclic) bond motifs is 1. The van der Waals surface area contributed by atoms with Gasteiger partial charge < -0.3 is 4.90 Å². The van der Waals surface area contributed by atoms with Gasteiger partial charge in [-0.25, -0.2) is 0 Å². The van der Waals surface area contributed by atoms with E-state index in [4.69, 9.17) is 5.26 Å². The second-order valence-electron chi connectivity index (χ2n) is 5.20. The summed E-state index contributed by atoms with van der Waals surface area (Å²) in [5, 5.41) is 9.16. The van der Waals surface area contributed by atoms with Gasteiger partial charge in [-0.2, -0.15) is 5.26 Å². The van der Waals surface area contributed by atoms with Gasteiger partial charge in [-0.15, -0.1) is 0 Å². The minimum atomic E-state index is -0.733. The Morgan fingerprint density at radius 1 is 1.56 bits per heavy atom. The zero-order valence-corrected chi connectivity index (χ0v) is 11.7. The summed E-state index contributed by atoms with van der Waals surface area (Å²) in [7, 11) is 0. The maximum Gasteiger partial charge on any atom is 0.247 e. The van der Waals surface area contributed by atoms with E-state index in [2.05, 4.69) is 28.1 Å². The number of carbonyl (C=O) groups is 1. The minimum Gasteiger partial charge on any atom is -0.308 e. The first-order valence-electron chi connectivity index (χ1n) is 6.11. The second kappa shape index (κ2) is 3.83. The predicted molar refractivity (Wildman–Crippen MR) is 72.1 cm³/mol. The van der Waals surface area contributed by atoms with Gasteiger partial charge in [0.05, 0.1) is 6.07 Å². The van der Waals surface area contributed by atoms with Crippen LogP contribution in [0.5, 0.6) is 0 Å². The van der Waals surface area contributed by atoms with E-state index in [9.17, 15) is 4.79 Å². The van der Waals surface area contributed by atoms with E-state index < -0.39 is 5.41 Å². The lowest BCUT2D eigenvalue weighted by atomic mass is 10.1. The lowest BCUT2D eigenvalue weighted by Crippen LogP contribution is -2.40. The Bertz CT molecular complexity index is 572. The lowest BCUT2D eigenvalue weighted by molar-refractivity contribution is -0.122. The number of rotatable bonds is 1. The van der Waals surface area contributed by atoms with Gasteiger partial charge >= 0.3 is 0 Å². The smallest absolute Gasteiger partial charge is 0.247 e. The molecule has 18 heavy (non-hydrogen) atoms. The number of hydrogen-bond donors (Lipinski definition) is 0. The zero-order valence-electron chi connectivity index (χ0n) is 10.1. The Labute approximate surface area is 115 Å². The van der Waals surface area contributed by atoms with Gasteiger partial charge in [0.2, 0.25) is 5.91 Å². The molecule has 0 unspecified atom stereocenters. The van der Waals surface area contributed by atoms with Gasteiger partial charge in [0.25, 0.3) is 0 Å². The monoisotopic (exact) mass is 304 g/mol. The fourth-order valence-corrected chi connectivity index (χ4v) is 3.05. The minimum absolute atomic E-state index is 0.0152. The lowest BCUT2D eigenvalue weighted by Gasteiger charge is -2.24. The molecule has 0 bridgehead atoms. The molecule has 0 aromatic heterocycles. The highest BCUT2D eigenvalue weighted by atomic mass is 79.9. The van der Waals surface area contributed by atoms with Gasteiger partial charge in [0.1, 0.15) is 5.41 Å². The van der Waals surface area contributed by atoms with E-state index in [1.165, 1.54) is 5.56 Å². The zero-order chi connectivity index (χ0) is 12.9. The van der Waals surface area contributed by atoms with Crippen molar-refractivity contribution in [2.75, 3.05) is 4.90 Å². The van der Waals surface area contributed by atoms with Crippen molar-refractivity contribution >= 4 is 27.5 Å². The molecule has 1 aromatic rings. The highest BCUT2D eigenvalue weighted by Gasteiger charge is 2.54. The van der Waals surface area contributed by atoms with Crippen LogP contribution in [0.1, 0.15) is 25.3 Å². The number of anilines is 1. The van der Waals surface area contributed by atoms with Crippen molar-refractivity contribution in [1.82, 2.24) is 0 Å². The Kier molecular flexibility index (Phi) is 2.49. The van der Waals surface area contributed by atoms with E-state index in [1.807, 2.05) is 24.0 Å². The fourth-order valence-electron chi connectivity index (χ4n) is 2.64. The third-order valence-electron chi connectivity index (χ3n) is 3.85. The van der Waals surface area contributed by atoms with Gasteiger partial charge in [-0.05, 0) is 49.9 Å². The molecule has 1 saturated carbocycles. The van der Waals surface area contributed by atoms with Crippen molar-refractivity contribution in [3.8, 4) is 6.07 Å². The number of halogens is 1. The molecular weight excluding hydrogens is 292 g/mol. The van der Waals surface area contributed by atoms with Crippen LogP contribution in [-0.4, -0.2) is 11.9 Å². The summed E-state index contributed by atoms with van der Waals surface area (Å²) in [6.45, 7) is 2.04. The van der Waals surface area contributed by atoms with Crippen molar-refractivity contribution in [1.29, 1.82) is 5.26 Å². The van der Waals surface area contributed by atoms with Crippen LogP contribution in [0.2, 0.25) is 0 Å². The first kappa shape index (κ1) is 11.7. The summed E-state index contributed by atoms with van der Waals surface area (Å²) < 4.78 is 1.03. The summed E-state index contributed by atoms with van der Waals surface area (Å²) in [5.41, 5.74) is 1.42. The summed E-state index contributed by atoms with van der Waals surface area (Å²) in [6.07, 6.45) is 2.27. The van der Waals surface area contributed by atoms with Crippen molar-refractivity contribution in [3.05, 3.63) is 28.2 Å². The standard InChI is InChI=1S/C14H13BrN2O/c1-9-6-10-7-11(15)2-3-12(10)17(9)13(18)14(8-16)4-5-14/h2-3,7,9H,4-6H2,1H3/t9-/m0/s1. The van der Waals surface area contributed by atoms with Crippen LogP contribution >= 0.6 is 15.9 Å². The maximum absolute atomic E-state index is 12.5. The molecule has 2 aliphatic rings. The van der Waals surface area contributed by atoms with Crippen molar-refractivity contribution in [2.45, 2.75) is 32.2 Å². The Morgan fingerprint density at radius 3 is 2.89 bits per heavy atom. The molecule has 1 amide bonds. The average molecular weight is 305 g/mol. The molecule has 0 radical (unpaired) electrons. The van der Waals surface area contributed by atoms with Gasteiger partial charge in [-0.1, -0.05) is 15.9 Å². The molecule has 3 nitrogen and oxygen atoms in total. The highest BCUT2D eigenvalue weighted by Crippen LogP contribution is 2.49. The van der Waals surface area contributed by atoms with Crippen molar-refractivity contribution < 1.29 is 4.79 Å². The van der Waals surface area contributed by atoms with Crippen molar-refractivity contribution in [2.24, 2.45) is 5.41 Å². The predicted octanol–water partition coefficient (Wildman–Crippen LogP) is 3.03. The summed E-state index contributed by atoms with van der Waals surface area (Å²) >= 11 is 3.45. The first-order chi connectivity index (χ1) is 8.57. The normalized spacial score (nSPS) is 23.4. The summed E-state index contributed by atoms with van der Waals surface area (Å²) in [5.74, 6) is -0.0152. The SMILES string of the molecule is C[C@H]1Cc2cc(Br)ccc2N1C(=O)C1(C#N)CC1. The van der Waals surface area contributed by atoms with E-state index in [0.29, 0.717) is 12.8 Å². The number of amides is 1. The van der Waals surface area contributed by atoms with Crippen LogP contribution in [0, 0.1) is 16.7 Å². The molecular formula is C14H13BrN2O. The molecule has 0 spiro atoms. The topological polar surface area (TPSA) is 44.1 Å². The quantitative estimate of drug-likeness (QED) is 0.800. The van der Waals surface area contributed by atoms with Gasteiger partial charge in [0, 0.05) is 16.2 Å². The number of hydrogen-bond acceptors (Lipinski definition) is 2. The third-order valence-corrected chi connectivity index (χ3v) is 4.34. The maximum atomic E-state index is 12.5. The number of carbonyl (C=O) groups excluding carboxylic acids is 1. The number of benzene rings is 1. The van der Waals surface area contributed by atoms with E-state index in [1.54, 1.807) is 0 Å². The second-order valence-corrected chi connectivity index (χ2v) is 6.11. The molecule has 1 aliphatic carbocycles. The molecule has 1 fully saturated rings. The third kappa shape index (κ3) is 1.58. The average Bonchev–Trinajstić information content (AvgIpc) is 3.07. The number of nitriles is 1. The molecule has 1 heterocycles. The molecule has 3 rings (SSSR count). The van der Waals surface area contributed by atoms with Crippen LogP contribution in [-0.2, 0) is 11.2 Å². The molecule has 0 saturated heterocycles. The Morgan fingerprint density at radius 2 is 2.28 bits per heavy atom. The van der Waals surface area contributed by atoms with Crippen LogP contribution in [0.25, 0.3) is 0 Å². The Balaban J connectivity index is 2.00. The molecule has 0 N–H and O–H groups in total. The first-order valence-corrected chi connectivity index (χ1v) is 6.90. The molecule has 4 heteroatoms. The van der Waals surface area contributed by atoms with Crippen LogP contribution in [0.4, 0.5) is 5.69 Å². The summed E-state index contributed by atoms with van der Waals surface area (Å²) in [6, 6.07) is 8.31. The van der Waals surface area contributed by atoms with Crippen LogP contribution in [0.3, 0.4) is 0 Å². The molecule has 92 valence electrons. The van der Waals surface area contributed by atoms with E-state index >= 15 is 0 Å². The van der Waals surface area contributed by atoms with Crippen LogP contribution in [0.15, 0.2) is 22.7 Å². The van der Waals surface area contributed by atoms with Crippen molar-refractivity contribution in [3.63, 3.8) is 0 Å². The van der Waals surface area contributed by atoms with Crippen LogP contribution < -0.4 is 4.90 Å². The number of nitrogens with zero attached hydrogens (tertiary/aromatic N) is 2. The summed E-state index contributed by atoms with van der Waals surface area (Å²) in [4.78, 5) is 14.3.